The summed E-state index contributed by atoms with van der Waals surface area (Å²) in [6.07, 6.45) is -2.56. The summed E-state index contributed by atoms with van der Waals surface area (Å²) in [7, 11) is 1.38. The molecule has 2 aromatic carbocycles. The second kappa shape index (κ2) is 12.2. The second-order valence-corrected chi connectivity index (χ2v) is 10.0. The average molecular weight is 585 g/mol. The van der Waals surface area contributed by atoms with Gasteiger partial charge in [0, 0.05) is 18.2 Å². The number of terminal acetylenes is 1. The van der Waals surface area contributed by atoms with Crippen LogP contribution in [0.1, 0.15) is 35.3 Å². The number of rotatable bonds is 8. The van der Waals surface area contributed by atoms with Crippen molar-refractivity contribution in [3.8, 4) is 29.6 Å². The number of hydrogen-bond donors (Lipinski definition) is 5. The summed E-state index contributed by atoms with van der Waals surface area (Å²) in [5.41, 5.74) is 4.52. The van der Waals surface area contributed by atoms with Gasteiger partial charge in [-0.1, -0.05) is 12.0 Å². The summed E-state index contributed by atoms with van der Waals surface area (Å²) in [5.74, 6) is 1.86. The lowest BCUT2D eigenvalue weighted by atomic mass is 9.89. The van der Waals surface area contributed by atoms with Crippen molar-refractivity contribution in [1.82, 2.24) is 5.32 Å². The molecule has 1 fully saturated rings. The van der Waals surface area contributed by atoms with Crippen molar-refractivity contribution in [2.24, 2.45) is 5.73 Å². The number of methoxy groups -OCH3 is 1. The molecular weight excluding hydrogens is 552 g/mol. The maximum atomic E-state index is 12.9. The van der Waals surface area contributed by atoms with E-state index in [-0.39, 0.29) is 34.9 Å². The third kappa shape index (κ3) is 6.07. The molecule has 224 valence electrons. The molecule has 6 N–H and O–H groups in total. The van der Waals surface area contributed by atoms with Gasteiger partial charge in [-0.05, 0) is 51.1 Å². The number of aliphatic hydroxyl groups is 3. The Hall–Kier alpha value is -4.48. The van der Waals surface area contributed by atoms with Crippen molar-refractivity contribution in [3.05, 3.63) is 58.8 Å². The van der Waals surface area contributed by atoms with E-state index in [1.807, 2.05) is 0 Å². The fourth-order valence-electron chi connectivity index (χ4n) is 4.81. The number of primary amides is 1. The van der Waals surface area contributed by atoms with E-state index in [0.29, 0.717) is 11.3 Å². The second-order valence-electron chi connectivity index (χ2n) is 10.0. The molecule has 1 saturated heterocycles. The van der Waals surface area contributed by atoms with Crippen LogP contribution in [0.3, 0.4) is 0 Å². The number of nitrogens with one attached hydrogen (secondary N) is 1. The van der Waals surface area contributed by atoms with Gasteiger partial charge in [0.05, 0.1) is 11.2 Å². The van der Waals surface area contributed by atoms with Crippen LogP contribution in [0, 0.1) is 19.3 Å². The molecule has 1 unspecified atom stereocenters. The van der Waals surface area contributed by atoms with Gasteiger partial charge in [0.15, 0.2) is 18.0 Å². The standard InChI is InChI=1S/C29H32N2O11/c1-6-12-38-16-9-7-8-15(13-16)25(34)31-19-20(32)17-10-11-18(14(2)22(17)40-26(19)35)39-27-21(33)23(41-28(30)36)24(37-5)29(3,4)42-27/h1,7-11,13,21,23-24,26-27,32-33,35H,12H2,2-5H3,(H2,30,36)(H,31,34)/t21-,23+,24-,26?,27-/m1/s1. The maximum absolute atomic E-state index is 12.9. The summed E-state index contributed by atoms with van der Waals surface area (Å²) < 4.78 is 33.4. The van der Waals surface area contributed by atoms with Gasteiger partial charge in [0.2, 0.25) is 12.6 Å². The molecule has 13 nitrogen and oxygen atoms in total. The lowest BCUT2D eigenvalue weighted by Crippen LogP contribution is -2.65. The highest BCUT2D eigenvalue weighted by Gasteiger charge is 2.53. The van der Waals surface area contributed by atoms with Crippen LogP contribution in [0.25, 0.3) is 5.76 Å². The molecule has 5 atom stereocenters. The van der Waals surface area contributed by atoms with E-state index >= 15 is 0 Å². The highest BCUT2D eigenvalue weighted by atomic mass is 16.7. The van der Waals surface area contributed by atoms with Crippen molar-refractivity contribution in [2.75, 3.05) is 13.7 Å². The van der Waals surface area contributed by atoms with Gasteiger partial charge in [-0.2, -0.15) is 0 Å². The Morgan fingerprint density at radius 3 is 2.62 bits per heavy atom. The van der Waals surface area contributed by atoms with Crippen LogP contribution in [0.2, 0.25) is 0 Å². The van der Waals surface area contributed by atoms with Crippen LogP contribution in [0.5, 0.6) is 17.2 Å². The van der Waals surface area contributed by atoms with Crippen LogP contribution in [0.15, 0.2) is 42.1 Å². The number of amides is 2. The highest BCUT2D eigenvalue weighted by molar-refractivity contribution is 5.96. The quantitative estimate of drug-likeness (QED) is 0.284. The number of nitrogens with two attached hydrogens (primary N) is 1. The Labute approximate surface area is 241 Å². The lowest BCUT2D eigenvalue weighted by molar-refractivity contribution is -0.304. The highest BCUT2D eigenvalue weighted by Crippen LogP contribution is 2.41. The molecule has 0 aromatic heterocycles. The Kier molecular flexibility index (Phi) is 8.83. The third-order valence-corrected chi connectivity index (χ3v) is 6.78. The van der Waals surface area contributed by atoms with E-state index in [1.165, 1.54) is 31.4 Å². The van der Waals surface area contributed by atoms with E-state index < -0.39 is 54.3 Å². The van der Waals surface area contributed by atoms with Gasteiger partial charge in [-0.15, -0.1) is 6.42 Å². The van der Waals surface area contributed by atoms with Crippen molar-refractivity contribution in [3.63, 3.8) is 0 Å². The minimum absolute atomic E-state index is 0.0183. The van der Waals surface area contributed by atoms with Crippen LogP contribution in [-0.4, -0.2) is 77.5 Å². The third-order valence-electron chi connectivity index (χ3n) is 6.78. The molecule has 4 rings (SSSR count). The Balaban J connectivity index is 1.58. The number of fused-ring (bicyclic) bond motifs is 1. The monoisotopic (exact) mass is 584 g/mol. The zero-order valence-corrected chi connectivity index (χ0v) is 23.3. The maximum Gasteiger partial charge on any atom is 0.404 e. The molecule has 42 heavy (non-hydrogen) atoms. The molecule has 0 radical (unpaired) electrons. The van der Waals surface area contributed by atoms with Crippen molar-refractivity contribution in [2.45, 2.75) is 57.3 Å². The summed E-state index contributed by atoms with van der Waals surface area (Å²) in [4.78, 5) is 24.4. The molecule has 0 spiro atoms. The number of aliphatic hydroxyl groups excluding tert-OH is 3. The first-order chi connectivity index (χ1) is 19.9. The van der Waals surface area contributed by atoms with Crippen LogP contribution < -0.4 is 25.3 Å². The minimum atomic E-state index is -1.75. The van der Waals surface area contributed by atoms with E-state index in [4.69, 9.17) is 40.6 Å². The van der Waals surface area contributed by atoms with Gasteiger partial charge in [-0.25, -0.2) is 4.79 Å². The minimum Gasteiger partial charge on any atom is -0.505 e. The SMILES string of the molecule is C#CCOc1cccc(C(=O)NC2=C(O)c3ccc(O[C@@H]4OC(C)(C)[C@H](OC)[C@@H](OC(N)=O)[C@H]4O)c(C)c3OC2O)c1. The first-order valence-electron chi connectivity index (χ1n) is 12.8. The molecule has 2 amide bonds. The van der Waals surface area contributed by atoms with Gasteiger partial charge < -0.3 is 54.8 Å². The van der Waals surface area contributed by atoms with Gasteiger partial charge >= 0.3 is 6.09 Å². The molecule has 0 aliphatic carbocycles. The van der Waals surface area contributed by atoms with Crippen molar-refractivity contribution < 1.29 is 53.3 Å². The molecule has 13 heteroatoms. The molecule has 2 aliphatic heterocycles. The Bertz CT molecular complexity index is 1430. The van der Waals surface area contributed by atoms with E-state index in [1.54, 1.807) is 32.9 Å². The molecule has 0 bridgehead atoms. The van der Waals surface area contributed by atoms with Gasteiger partial charge in [0.25, 0.3) is 5.91 Å². The Morgan fingerprint density at radius 1 is 1.21 bits per heavy atom. The summed E-state index contributed by atoms with van der Waals surface area (Å²) in [6.45, 7) is 4.94. The summed E-state index contributed by atoms with van der Waals surface area (Å²) >= 11 is 0. The van der Waals surface area contributed by atoms with Crippen molar-refractivity contribution in [1.29, 1.82) is 0 Å². The summed E-state index contributed by atoms with van der Waals surface area (Å²) in [5, 5.41) is 35.1. The molecule has 0 saturated carbocycles. The van der Waals surface area contributed by atoms with E-state index in [2.05, 4.69) is 11.2 Å². The zero-order chi connectivity index (χ0) is 30.8. The molecule has 2 aromatic rings. The topological polar surface area (TPSA) is 188 Å². The van der Waals surface area contributed by atoms with E-state index in [0.717, 1.165) is 0 Å². The average Bonchev–Trinajstić information content (AvgIpc) is 2.94. The zero-order valence-electron chi connectivity index (χ0n) is 23.3. The number of carbonyl (C=O) groups excluding carboxylic acids is 2. The fraction of sp³-hybridized carbons (Fsp3) is 0.379. The predicted octanol–water partition coefficient (Wildman–Crippen LogP) is 1.73. The van der Waals surface area contributed by atoms with Crippen LogP contribution in [0.4, 0.5) is 4.79 Å². The number of ether oxygens (including phenoxy) is 6. The molecule has 2 aliphatic rings. The number of hydrogen-bond acceptors (Lipinski definition) is 11. The first kappa shape index (κ1) is 30.5. The summed E-state index contributed by atoms with van der Waals surface area (Å²) in [6, 6.07) is 9.11. The van der Waals surface area contributed by atoms with Crippen LogP contribution >= 0.6 is 0 Å². The lowest BCUT2D eigenvalue weighted by Gasteiger charge is -2.47. The predicted molar refractivity (Wildman–Crippen MR) is 146 cm³/mol. The molecule has 2 heterocycles. The number of carbonyl (C=O) groups is 2. The number of benzene rings is 2. The molecular formula is C29H32N2O11. The Morgan fingerprint density at radius 2 is 1.95 bits per heavy atom. The smallest absolute Gasteiger partial charge is 0.404 e. The van der Waals surface area contributed by atoms with E-state index in [9.17, 15) is 24.9 Å². The van der Waals surface area contributed by atoms with Gasteiger partial charge in [0.1, 0.15) is 35.7 Å². The largest absolute Gasteiger partial charge is 0.505 e. The fourth-order valence-corrected chi connectivity index (χ4v) is 4.81. The van der Waals surface area contributed by atoms with Gasteiger partial charge in [-0.3, -0.25) is 4.79 Å². The van der Waals surface area contributed by atoms with Crippen molar-refractivity contribution >= 4 is 17.8 Å². The van der Waals surface area contributed by atoms with Crippen LogP contribution in [-0.2, 0) is 14.2 Å². The first-order valence-corrected chi connectivity index (χ1v) is 12.8. The normalized spacial score (nSPS) is 24.5.